The Morgan fingerprint density at radius 2 is 1.93 bits per heavy atom. The van der Waals surface area contributed by atoms with Gasteiger partial charge in [-0.25, -0.2) is 8.78 Å². The number of hydrogen-bond donors (Lipinski definition) is 1. The number of halogens is 2. The van der Waals surface area contributed by atoms with Crippen LogP contribution in [0.1, 0.15) is 17.5 Å². The van der Waals surface area contributed by atoms with E-state index in [9.17, 15) is 8.78 Å². The van der Waals surface area contributed by atoms with E-state index >= 15 is 0 Å². The predicted octanol–water partition coefficient (Wildman–Crippen LogP) is 2.23. The van der Waals surface area contributed by atoms with Crippen molar-refractivity contribution in [2.75, 3.05) is 6.61 Å². The van der Waals surface area contributed by atoms with Crippen molar-refractivity contribution in [3.63, 3.8) is 0 Å². The van der Waals surface area contributed by atoms with E-state index in [0.717, 1.165) is 12.1 Å². The largest absolute Gasteiger partial charge is 0.396 e. The molecule has 1 N–H and O–H groups in total. The van der Waals surface area contributed by atoms with Gasteiger partial charge in [-0.1, -0.05) is 12.2 Å². The Kier molecular flexibility index (Phi) is 3.95. The van der Waals surface area contributed by atoms with Crippen LogP contribution < -0.4 is 0 Å². The van der Waals surface area contributed by atoms with Gasteiger partial charge in [0.05, 0.1) is 0 Å². The van der Waals surface area contributed by atoms with Crippen LogP contribution in [0, 0.1) is 23.0 Å². The summed E-state index contributed by atoms with van der Waals surface area (Å²) in [4.78, 5) is 0. The van der Waals surface area contributed by atoms with Crippen molar-refractivity contribution in [3.8, 4) is 6.07 Å². The first-order valence-corrected chi connectivity index (χ1v) is 4.35. The molecule has 2 nitrogen and oxygen atoms in total. The number of aliphatic hydroxyl groups is 1. The molecule has 0 saturated heterocycles. The minimum atomic E-state index is -0.874. The van der Waals surface area contributed by atoms with Crippen molar-refractivity contribution in [1.82, 2.24) is 0 Å². The summed E-state index contributed by atoms with van der Waals surface area (Å²) in [5.74, 6) is -1.75. The lowest BCUT2D eigenvalue weighted by atomic mass is 10.1. The molecule has 0 aliphatic carbocycles. The van der Waals surface area contributed by atoms with Gasteiger partial charge in [-0.2, -0.15) is 5.26 Å². The molecule has 0 aliphatic heterocycles. The molecule has 0 amide bonds. The van der Waals surface area contributed by atoms with Crippen molar-refractivity contribution in [2.45, 2.75) is 6.42 Å². The van der Waals surface area contributed by atoms with Crippen molar-refractivity contribution < 1.29 is 13.9 Å². The third-order valence-electron chi connectivity index (χ3n) is 1.78. The normalized spacial score (nSPS) is 10.5. The summed E-state index contributed by atoms with van der Waals surface area (Å²) in [6, 6.07) is 3.60. The minimum Gasteiger partial charge on any atom is -0.396 e. The van der Waals surface area contributed by atoms with E-state index in [1.165, 1.54) is 12.1 Å². The maximum atomic E-state index is 13.1. The van der Waals surface area contributed by atoms with Crippen molar-refractivity contribution in [2.24, 2.45) is 0 Å². The van der Waals surface area contributed by atoms with Crippen LogP contribution in [0.2, 0.25) is 0 Å². The van der Waals surface area contributed by atoms with Gasteiger partial charge >= 0.3 is 0 Å². The van der Waals surface area contributed by atoms with Crippen LogP contribution >= 0.6 is 0 Å². The molecule has 78 valence electrons. The molecule has 0 unspecified atom stereocenters. The van der Waals surface area contributed by atoms with Gasteiger partial charge in [0, 0.05) is 6.61 Å². The summed E-state index contributed by atoms with van der Waals surface area (Å²) < 4.78 is 26.1. The number of hydrogen-bond acceptors (Lipinski definition) is 2. The highest BCUT2D eigenvalue weighted by molar-refractivity contribution is 5.51. The second kappa shape index (κ2) is 5.23. The third kappa shape index (κ3) is 2.86. The highest BCUT2D eigenvalue weighted by atomic mass is 19.1. The quantitative estimate of drug-likeness (QED) is 0.829. The molecule has 0 aromatic heterocycles. The highest BCUT2D eigenvalue weighted by Crippen LogP contribution is 2.15. The maximum Gasteiger partial charge on any atom is 0.144 e. The van der Waals surface area contributed by atoms with E-state index in [1.54, 1.807) is 6.08 Å². The third-order valence-corrected chi connectivity index (χ3v) is 1.78. The molecule has 1 aromatic carbocycles. The van der Waals surface area contributed by atoms with Gasteiger partial charge in [-0.15, -0.1) is 0 Å². The second-order valence-electron chi connectivity index (χ2n) is 2.89. The van der Waals surface area contributed by atoms with Crippen LogP contribution in [-0.4, -0.2) is 11.7 Å². The first-order valence-electron chi connectivity index (χ1n) is 4.35. The molecular weight excluding hydrogens is 200 g/mol. The molecule has 0 fully saturated rings. The van der Waals surface area contributed by atoms with Gasteiger partial charge in [-0.05, 0) is 24.1 Å². The van der Waals surface area contributed by atoms with E-state index in [4.69, 9.17) is 10.4 Å². The summed E-state index contributed by atoms with van der Waals surface area (Å²) in [7, 11) is 0. The summed E-state index contributed by atoms with van der Waals surface area (Å²) >= 11 is 0. The molecule has 0 bridgehead atoms. The summed E-state index contributed by atoms with van der Waals surface area (Å²) in [5.41, 5.74) is -0.244. The smallest absolute Gasteiger partial charge is 0.144 e. The molecule has 0 saturated carbocycles. The lowest BCUT2D eigenvalue weighted by molar-refractivity contribution is 0.303. The zero-order valence-corrected chi connectivity index (χ0v) is 7.87. The molecule has 0 atom stereocenters. The molecule has 4 heteroatoms. The minimum absolute atomic E-state index is 0.0161. The van der Waals surface area contributed by atoms with Gasteiger partial charge in [0.25, 0.3) is 0 Å². The van der Waals surface area contributed by atoms with E-state index in [-0.39, 0.29) is 6.61 Å². The van der Waals surface area contributed by atoms with Crippen LogP contribution in [-0.2, 0) is 0 Å². The van der Waals surface area contributed by atoms with Crippen LogP contribution in [0.4, 0.5) is 8.78 Å². The molecule has 0 aliphatic rings. The summed E-state index contributed by atoms with van der Waals surface area (Å²) in [6.07, 6.45) is 3.51. The van der Waals surface area contributed by atoms with E-state index in [1.807, 2.05) is 0 Å². The Bertz CT molecular complexity index is 398. The Hall–Kier alpha value is -1.73. The number of nitrogens with zero attached hydrogens (tertiary/aromatic N) is 1. The monoisotopic (exact) mass is 209 g/mol. The number of aliphatic hydroxyl groups excluding tert-OH is 1. The fourth-order valence-corrected chi connectivity index (χ4v) is 1.09. The summed E-state index contributed by atoms with van der Waals surface area (Å²) in [6.45, 7) is -0.0161. The van der Waals surface area contributed by atoms with Crippen LogP contribution in [0.15, 0.2) is 18.2 Å². The SMILES string of the molecule is N#Cc1c(F)cc(C=CCCO)cc1F. The van der Waals surface area contributed by atoms with E-state index < -0.39 is 17.2 Å². The summed E-state index contributed by atoms with van der Waals surface area (Å²) in [5, 5.41) is 16.9. The molecule has 15 heavy (non-hydrogen) atoms. The Balaban J connectivity index is 3.00. The van der Waals surface area contributed by atoms with Crippen molar-refractivity contribution in [1.29, 1.82) is 5.26 Å². The van der Waals surface area contributed by atoms with Gasteiger partial charge < -0.3 is 5.11 Å². The fourth-order valence-electron chi connectivity index (χ4n) is 1.09. The average Bonchev–Trinajstić information content (AvgIpc) is 2.18. The van der Waals surface area contributed by atoms with Crippen molar-refractivity contribution in [3.05, 3.63) is 41.0 Å². The first-order chi connectivity index (χ1) is 7.19. The predicted molar refractivity (Wildman–Crippen MR) is 51.8 cm³/mol. The topological polar surface area (TPSA) is 44.0 Å². The maximum absolute atomic E-state index is 13.1. The van der Waals surface area contributed by atoms with Gasteiger partial charge in [0.15, 0.2) is 0 Å². The Morgan fingerprint density at radius 1 is 1.33 bits per heavy atom. The van der Waals surface area contributed by atoms with Gasteiger partial charge in [-0.3, -0.25) is 0 Å². The zero-order chi connectivity index (χ0) is 11.3. The Labute approximate surface area is 86.1 Å². The molecule has 0 radical (unpaired) electrons. The van der Waals surface area contributed by atoms with Crippen LogP contribution in [0.5, 0.6) is 0 Å². The number of rotatable bonds is 3. The zero-order valence-electron chi connectivity index (χ0n) is 7.87. The lowest BCUT2D eigenvalue weighted by Crippen LogP contribution is -1.91. The standard InChI is InChI=1S/C11H9F2NO/c12-10-5-8(3-1-2-4-15)6-11(13)9(10)7-14/h1,3,5-6,15H,2,4H2. The molecule has 0 heterocycles. The molecule has 1 aromatic rings. The molecular formula is C11H9F2NO. The van der Waals surface area contributed by atoms with Gasteiger partial charge in [0.1, 0.15) is 23.3 Å². The van der Waals surface area contributed by atoms with Gasteiger partial charge in [0.2, 0.25) is 0 Å². The van der Waals surface area contributed by atoms with E-state index in [0.29, 0.717) is 12.0 Å². The number of nitriles is 1. The fraction of sp³-hybridized carbons (Fsp3) is 0.182. The molecule has 1 rings (SSSR count). The molecule has 0 spiro atoms. The van der Waals surface area contributed by atoms with Crippen molar-refractivity contribution >= 4 is 6.08 Å². The second-order valence-corrected chi connectivity index (χ2v) is 2.89. The lowest BCUT2D eigenvalue weighted by Gasteiger charge is -1.98. The number of benzene rings is 1. The Morgan fingerprint density at radius 3 is 2.40 bits per heavy atom. The van der Waals surface area contributed by atoms with Crippen LogP contribution in [0.25, 0.3) is 6.08 Å². The average molecular weight is 209 g/mol. The van der Waals surface area contributed by atoms with E-state index in [2.05, 4.69) is 0 Å². The van der Waals surface area contributed by atoms with Crippen LogP contribution in [0.3, 0.4) is 0 Å². The highest BCUT2D eigenvalue weighted by Gasteiger charge is 2.08. The first kappa shape index (κ1) is 11.3.